The van der Waals surface area contributed by atoms with Gasteiger partial charge in [0.2, 0.25) is 0 Å². The van der Waals surface area contributed by atoms with Crippen LogP contribution in [0.25, 0.3) is 0 Å². The Kier molecular flexibility index (Phi) is 7.85. The molecule has 1 amide bonds. The van der Waals surface area contributed by atoms with E-state index in [-0.39, 0.29) is 12.5 Å². The fourth-order valence-electron chi connectivity index (χ4n) is 2.01. The van der Waals surface area contributed by atoms with Crippen molar-refractivity contribution in [2.45, 2.75) is 11.3 Å². The number of carbonyl (C=O) groups excluding carboxylic acids is 2. The van der Waals surface area contributed by atoms with E-state index >= 15 is 0 Å². The minimum Gasteiger partial charge on any atom is -0.484 e. The summed E-state index contributed by atoms with van der Waals surface area (Å²) in [5, 5.41) is 2.83. The van der Waals surface area contributed by atoms with Crippen molar-refractivity contribution < 1.29 is 19.1 Å². The minimum atomic E-state index is -0.405. The molecule has 0 atom stereocenters. The van der Waals surface area contributed by atoms with Crippen LogP contribution in [0.1, 0.15) is 16.8 Å². The zero-order valence-electron chi connectivity index (χ0n) is 14.1. The van der Waals surface area contributed by atoms with Gasteiger partial charge in [-0.05, 0) is 48.6 Å². The van der Waals surface area contributed by atoms with E-state index in [0.717, 1.165) is 12.2 Å². The molecule has 25 heavy (non-hydrogen) atoms. The highest BCUT2D eigenvalue weighted by molar-refractivity contribution is 7.99. The van der Waals surface area contributed by atoms with Crippen LogP contribution in [0.15, 0.2) is 59.5 Å². The molecule has 1 N–H and O–H groups in total. The third kappa shape index (κ3) is 6.89. The van der Waals surface area contributed by atoms with E-state index in [9.17, 15) is 9.59 Å². The third-order valence-corrected chi connectivity index (χ3v) is 4.40. The van der Waals surface area contributed by atoms with Gasteiger partial charge in [-0.3, -0.25) is 4.79 Å². The number of amides is 1. The third-order valence-electron chi connectivity index (χ3n) is 3.30. The number of nitrogens with one attached hydrogen (secondary N) is 1. The van der Waals surface area contributed by atoms with Crippen molar-refractivity contribution in [3.05, 3.63) is 60.2 Å². The van der Waals surface area contributed by atoms with Crippen molar-refractivity contribution in [2.75, 3.05) is 26.0 Å². The monoisotopic (exact) mass is 359 g/mol. The first-order valence-electron chi connectivity index (χ1n) is 7.95. The van der Waals surface area contributed by atoms with E-state index in [0.29, 0.717) is 17.9 Å². The maximum atomic E-state index is 11.8. The van der Waals surface area contributed by atoms with E-state index in [1.54, 1.807) is 36.0 Å². The molecule has 2 aromatic carbocycles. The number of ether oxygens (including phenoxy) is 2. The molecule has 0 bridgehead atoms. The van der Waals surface area contributed by atoms with Gasteiger partial charge in [0.1, 0.15) is 5.75 Å². The number of carbonyl (C=O) groups is 2. The minimum absolute atomic E-state index is 0.0522. The van der Waals surface area contributed by atoms with Crippen LogP contribution < -0.4 is 10.1 Å². The van der Waals surface area contributed by atoms with Crippen LogP contribution >= 0.6 is 11.8 Å². The van der Waals surface area contributed by atoms with E-state index in [1.165, 1.54) is 12.0 Å². The van der Waals surface area contributed by atoms with Gasteiger partial charge in [-0.2, -0.15) is 0 Å². The van der Waals surface area contributed by atoms with Crippen molar-refractivity contribution in [3.63, 3.8) is 0 Å². The summed E-state index contributed by atoms with van der Waals surface area (Å²) in [6, 6.07) is 16.6. The van der Waals surface area contributed by atoms with Crippen LogP contribution in [-0.4, -0.2) is 37.9 Å². The van der Waals surface area contributed by atoms with Crippen molar-refractivity contribution >= 4 is 23.6 Å². The molecule has 0 aliphatic carbocycles. The molecule has 5 nitrogen and oxygen atoms in total. The van der Waals surface area contributed by atoms with Gasteiger partial charge in [0.25, 0.3) is 5.91 Å². The maximum absolute atomic E-state index is 11.8. The SMILES string of the molecule is COC(=O)c1ccc(OCC(=O)NCCCSc2ccccc2)cc1. The highest BCUT2D eigenvalue weighted by Crippen LogP contribution is 2.17. The molecule has 0 spiro atoms. The van der Waals surface area contributed by atoms with Crippen molar-refractivity contribution in [1.29, 1.82) is 0 Å². The molecule has 0 heterocycles. The molecule has 2 rings (SSSR count). The summed E-state index contributed by atoms with van der Waals surface area (Å²) in [5.41, 5.74) is 0.440. The number of benzene rings is 2. The summed E-state index contributed by atoms with van der Waals surface area (Å²) < 4.78 is 10.0. The second-order valence-corrected chi connectivity index (χ2v) is 6.34. The summed E-state index contributed by atoms with van der Waals surface area (Å²) >= 11 is 1.77. The Morgan fingerprint density at radius 1 is 1.04 bits per heavy atom. The lowest BCUT2D eigenvalue weighted by Gasteiger charge is -2.08. The normalized spacial score (nSPS) is 10.1. The molecular weight excluding hydrogens is 338 g/mol. The highest BCUT2D eigenvalue weighted by atomic mass is 32.2. The summed E-state index contributed by atoms with van der Waals surface area (Å²) in [6.07, 6.45) is 0.888. The summed E-state index contributed by atoms with van der Waals surface area (Å²) in [5.74, 6) is 0.905. The Labute approximate surface area is 151 Å². The van der Waals surface area contributed by atoms with Gasteiger partial charge >= 0.3 is 5.97 Å². The number of hydrogen-bond acceptors (Lipinski definition) is 5. The molecule has 0 saturated carbocycles. The largest absolute Gasteiger partial charge is 0.484 e. The fraction of sp³-hybridized carbons (Fsp3) is 0.263. The first-order chi connectivity index (χ1) is 12.2. The van der Waals surface area contributed by atoms with Gasteiger partial charge in [0, 0.05) is 11.4 Å². The zero-order valence-corrected chi connectivity index (χ0v) is 14.9. The molecular formula is C19H21NO4S. The van der Waals surface area contributed by atoms with Gasteiger partial charge in [0.15, 0.2) is 6.61 Å². The molecule has 0 fully saturated rings. The summed E-state index contributed by atoms with van der Waals surface area (Å²) in [6.45, 7) is 0.562. The topological polar surface area (TPSA) is 64.6 Å². The predicted molar refractivity (Wildman–Crippen MR) is 98.1 cm³/mol. The molecule has 2 aromatic rings. The van der Waals surface area contributed by atoms with Gasteiger partial charge in [-0.15, -0.1) is 11.8 Å². The average Bonchev–Trinajstić information content (AvgIpc) is 2.66. The van der Waals surface area contributed by atoms with Gasteiger partial charge in [0.05, 0.1) is 12.7 Å². The lowest BCUT2D eigenvalue weighted by molar-refractivity contribution is -0.123. The number of rotatable bonds is 9. The molecule has 0 aromatic heterocycles. The van der Waals surface area contributed by atoms with Crippen molar-refractivity contribution in [3.8, 4) is 5.75 Å². The van der Waals surface area contributed by atoms with Gasteiger partial charge in [-0.25, -0.2) is 4.79 Å². The second kappa shape index (κ2) is 10.4. The Morgan fingerprint density at radius 3 is 2.44 bits per heavy atom. The van der Waals surface area contributed by atoms with Crippen LogP contribution in [0.5, 0.6) is 5.75 Å². The van der Waals surface area contributed by atoms with E-state index < -0.39 is 5.97 Å². The summed E-state index contributed by atoms with van der Waals surface area (Å²) in [7, 11) is 1.33. The van der Waals surface area contributed by atoms with Crippen LogP contribution in [0, 0.1) is 0 Å². The highest BCUT2D eigenvalue weighted by Gasteiger charge is 2.06. The molecule has 0 aliphatic rings. The second-order valence-electron chi connectivity index (χ2n) is 5.17. The van der Waals surface area contributed by atoms with Gasteiger partial charge in [-0.1, -0.05) is 18.2 Å². The lowest BCUT2D eigenvalue weighted by atomic mass is 10.2. The zero-order chi connectivity index (χ0) is 17.9. The quantitative estimate of drug-likeness (QED) is 0.423. The van der Waals surface area contributed by atoms with Crippen molar-refractivity contribution in [2.24, 2.45) is 0 Å². The molecule has 0 unspecified atom stereocenters. The average molecular weight is 359 g/mol. The first-order valence-corrected chi connectivity index (χ1v) is 8.93. The lowest BCUT2D eigenvalue weighted by Crippen LogP contribution is -2.29. The molecule has 0 radical (unpaired) electrons. The Bertz CT molecular complexity index is 674. The molecule has 6 heteroatoms. The van der Waals surface area contributed by atoms with Crippen LogP contribution in [0.4, 0.5) is 0 Å². The number of esters is 1. The first kappa shape index (κ1) is 18.9. The van der Waals surface area contributed by atoms with Crippen LogP contribution in [0.2, 0.25) is 0 Å². The predicted octanol–water partition coefficient (Wildman–Crippen LogP) is 3.15. The number of thioether (sulfide) groups is 1. The van der Waals surface area contributed by atoms with Crippen LogP contribution in [-0.2, 0) is 9.53 Å². The molecule has 132 valence electrons. The number of hydrogen-bond donors (Lipinski definition) is 1. The van der Waals surface area contributed by atoms with Crippen LogP contribution in [0.3, 0.4) is 0 Å². The Balaban J connectivity index is 1.60. The van der Waals surface area contributed by atoms with Crippen molar-refractivity contribution in [1.82, 2.24) is 5.32 Å². The van der Waals surface area contributed by atoms with E-state index in [2.05, 4.69) is 22.2 Å². The van der Waals surface area contributed by atoms with E-state index in [1.807, 2.05) is 18.2 Å². The molecule has 0 saturated heterocycles. The Morgan fingerprint density at radius 2 is 1.76 bits per heavy atom. The molecule has 0 aliphatic heterocycles. The van der Waals surface area contributed by atoms with Gasteiger partial charge < -0.3 is 14.8 Å². The fourth-order valence-corrected chi connectivity index (χ4v) is 2.89. The Hall–Kier alpha value is -2.47. The number of methoxy groups -OCH3 is 1. The maximum Gasteiger partial charge on any atom is 0.337 e. The smallest absolute Gasteiger partial charge is 0.337 e. The van der Waals surface area contributed by atoms with E-state index in [4.69, 9.17) is 4.74 Å². The summed E-state index contributed by atoms with van der Waals surface area (Å²) in [4.78, 5) is 24.3. The standard InChI is InChI=1S/C19H21NO4S/c1-23-19(22)15-8-10-16(11-9-15)24-14-18(21)20-12-5-13-25-17-6-3-2-4-7-17/h2-4,6-11H,5,12-14H2,1H3,(H,20,21).